The summed E-state index contributed by atoms with van der Waals surface area (Å²) in [5, 5.41) is 2.72. The zero-order valence-corrected chi connectivity index (χ0v) is 19.9. The first kappa shape index (κ1) is 26.6. The number of benzene rings is 1. The second-order valence-electron chi connectivity index (χ2n) is 9.44. The van der Waals surface area contributed by atoms with Crippen LogP contribution in [-0.4, -0.2) is 23.0 Å². The molecule has 0 spiro atoms. The van der Waals surface area contributed by atoms with Gasteiger partial charge in [-0.25, -0.2) is 4.98 Å². The topological polar surface area (TPSA) is 77.2 Å². The molecule has 1 amide bonds. The first-order valence-electron chi connectivity index (χ1n) is 11.2. The molecule has 8 heteroatoms. The molecule has 0 aliphatic carbocycles. The van der Waals surface area contributed by atoms with Crippen LogP contribution in [0.3, 0.4) is 0 Å². The molecule has 0 aliphatic rings. The Labute approximate surface area is 193 Å². The summed E-state index contributed by atoms with van der Waals surface area (Å²) >= 11 is 0. The number of aromatic nitrogens is 1. The SMILES string of the molecule is CCC(C)CC(=O)Nc1cc(-c2ccc(OC[C@@](C)(N)CC(C)C)c(C(F)(F)F)c2)ccn1. The highest BCUT2D eigenvalue weighted by molar-refractivity contribution is 5.90. The predicted octanol–water partition coefficient (Wildman–Crippen LogP) is 6.28. The van der Waals surface area contributed by atoms with Crippen LogP contribution in [0, 0.1) is 11.8 Å². The van der Waals surface area contributed by atoms with Crippen LogP contribution < -0.4 is 15.8 Å². The van der Waals surface area contributed by atoms with Crippen LogP contribution in [0.2, 0.25) is 0 Å². The van der Waals surface area contributed by atoms with Gasteiger partial charge in [0.25, 0.3) is 0 Å². The Kier molecular flexibility index (Phi) is 8.89. The van der Waals surface area contributed by atoms with E-state index in [0.717, 1.165) is 12.5 Å². The van der Waals surface area contributed by atoms with Gasteiger partial charge in [0, 0.05) is 18.2 Å². The highest BCUT2D eigenvalue weighted by Crippen LogP contribution is 2.39. The molecule has 1 aromatic carbocycles. The third-order valence-corrected chi connectivity index (χ3v) is 5.31. The summed E-state index contributed by atoms with van der Waals surface area (Å²) in [6.07, 6.45) is -1.30. The summed E-state index contributed by atoms with van der Waals surface area (Å²) in [6.45, 7) is 9.70. The molecule has 3 N–H and O–H groups in total. The maximum Gasteiger partial charge on any atom is 0.419 e. The summed E-state index contributed by atoms with van der Waals surface area (Å²) in [5.41, 5.74) is 5.41. The van der Waals surface area contributed by atoms with Crippen LogP contribution >= 0.6 is 0 Å². The lowest BCUT2D eigenvalue weighted by molar-refractivity contribution is -0.139. The molecular weight excluding hydrogens is 431 g/mol. The Morgan fingerprint density at radius 2 is 1.82 bits per heavy atom. The van der Waals surface area contributed by atoms with Crippen molar-refractivity contribution in [2.24, 2.45) is 17.6 Å². The number of carbonyl (C=O) groups excluding carboxylic acids is 1. The van der Waals surface area contributed by atoms with E-state index < -0.39 is 17.3 Å². The van der Waals surface area contributed by atoms with E-state index in [1.54, 1.807) is 25.1 Å². The van der Waals surface area contributed by atoms with Gasteiger partial charge in [0.05, 0.1) is 5.56 Å². The Morgan fingerprint density at radius 1 is 1.15 bits per heavy atom. The van der Waals surface area contributed by atoms with Crippen molar-refractivity contribution in [2.75, 3.05) is 11.9 Å². The van der Waals surface area contributed by atoms with Crippen molar-refractivity contribution in [3.05, 3.63) is 42.1 Å². The fourth-order valence-electron chi connectivity index (χ4n) is 3.62. The van der Waals surface area contributed by atoms with E-state index in [9.17, 15) is 18.0 Å². The van der Waals surface area contributed by atoms with Crippen LogP contribution in [-0.2, 0) is 11.0 Å². The number of nitrogens with two attached hydrogens (primary N) is 1. The first-order chi connectivity index (χ1) is 15.3. The van der Waals surface area contributed by atoms with E-state index in [1.165, 1.54) is 12.3 Å². The maximum atomic E-state index is 13.8. The second-order valence-corrected chi connectivity index (χ2v) is 9.44. The molecule has 0 bridgehead atoms. The molecule has 1 heterocycles. The minimum Gasteiger partial charge on any atom is -0.491 e. The summed E-state index contributed by atoms with van der Waals surface area (Å²) in [5.74, 6) is 0.371. The monoisotopic (exact) mass is 465 g/mol. The summed E-state index contributed by atoms with van der Waals surface area (Å²) < 4.78 is 46.9. The molecule has 5 nitrogen and oxygen atoms in total. The van der Waals surface area contributed by atoms with E-state index >= 15 is 0 Å². The van der Waals surface area contributed by atoms with Crippen molar-refractivity contribution in [3.63, 3.8) is 0 Å². The van der Waals surface area contributed by atoms with Gasteiger partial charge in [-0.05, 0) is 60.6 Å². The largest absolute Gasteiger partial charge is 0.491 e. The minimum absolute atomic E-state index is 0.0325. The normalized spacial score (nSPS) is 14.6. The maximum absolute atomic E-state index is 13.8. The minimum atomic E-state index is -4.60. The summed E-state index contributed by atoms with van der Waals surface area (Å²) in [7, 11) is 0. The van der Waals surface area contributed by atoms with Crippen molar-refractivity contribution in [3.8, 4) is 16.9 Å². The summed E-state index contributed by atoms with van der Waals surface area (Å²) in [4.78, 5) is 16.3. The fraction of sp³-hybridized carbons (Fsp3) is 0.520. The molecule has 33 heavy (non-hydrogen) atoms. The number of pyridine rings is 1. The average molecular weight is 466 g/mol. The third-order valence-electron chi connectivity index (χ3n) is 5.31. The van der Waals surface area contributed by atoms with Gasteiger partial charge in [-0.15, -0.1) is 0 Å². The highest BCUT2D eigenvalue weighted by atomic mass is 19.4. The number of amides is 1. The number of hydrogen-bond acceptors (Lipinski definition) is 4. The Bertz CT molecular complexity index is 943. The van der Waals surface area contributed by atoms with Gasteiger partial charge in [-0.1, -0.05) is 40.2 Å². The van der Waals surface area contributed by atoms with Crippen molar-refractivity contribution in [2.45, 2.75) is 65.6 Å². The Balaban J connectivity index is 2.27. The number of hydrogen-bond donors (Lipinski definition) is 2. The molecule has 0 fully saturated rings. The second kappa shape index (κ2) is 11.0. The van der Waals surface area contributed by atoms with Gasteiger partial charge in [-0.3, -0.25) is 4.79 Å². The lowest BCUT2D eigenvalue weighted by Crippen LogP contribution is -2.43. The zero-order valence-electron chi connectivity index (χ0n) is 19.9. The average Bonchev–Trinajstić information content (AvgIpc) is 2.70. The van der Waals surface area contributed by atoms with Gasteiger partial charge in [0.1, 0.15) is 18.2 Å². The number of ether oxygens (including phenoxy) is 1. The molecule has 0 saturated carbocycles. The van der Waals surface area contributed by atoms with Gasteiger partial charge in [-0.2, -0.15) is 13.2 Å². The van der Waals surface area contributed by atoms with Crippen molar-refractivity contribution >= 4 is 11.7 Å². The first-order valence-corrected chi connectivity index (χ1v) is 11.2. The van der Waals surface area contributed by atoms with Crippen LogP contribution in [0.4, 0.5) is 19.0 Å². The molecule has 0 saturated heterocycles. The van der Waals surface area contributed by atoms with E-state index in [2.05, 4.69) is 10.3 Å². The van der Waals surface area contributed by atoms with Crippen molar-refractivity contribution in [1.82, 2.24) is 4.98 Å². The lowest BCUT2D eigenvalue weighted by atomic mass is 9.93. The molecular formula is C25H34F3N3O2. The molecule has 2 aromatic rings. The zero-order chi connectivity index (χ0) is 24.8. The smallest absolute Gasteiger partial charge is 0.419 e. The standard InChI is InChI=1S/C25H34F3N3O2/c1-6-17(4)11-23(32)31-22-13-19(9-10-30-22)18-7-8-21(20(12-18)25(26,27)28)33-15-24(5,29)14-16(2)3/h7-10,12-13,16-17H,6,11,14-15,29H2,1-5H3,(H,30,31,32)/t17?,24-/m0/s1. The van der Waals surface area contributed by atoms with Gasteiger partial charge >= 0.3 is 6.18 Å². The molecule has 2 atom stereocenters. The quantitative estimate of drug-likeness (QED) is 0.433. The number of nitrogens with one attached hydrogen (secondary N) is 1. The molecule has 2 rings (SSSR count). The lowest BCUT2D eigenvalue weighted by Gasteiger charge is -2.27. The van der Waals surface area contributed by atoms with Gasteiger partial charge in [0.15, 0.2) is 0 Å². The van der Waals surface area contributed by atoms with Gasteiger partial charge < -0.3 is 15.8 Å². The van der Waals surface area contributed by atoms with E-state index in [1.807, 2.05) is 27.7 Å². The summed E-state index contributed by atoms with van der Waals surface area (Å²) in [6, 6.07) is 7.07. The Hall–Kier alpha value is -2.61. The van der Waals surface area contributed by atoms with Crippen LogP contribution in [0.15, 0.2) is 36.5 Å². The highest BCUT2D eigenvalue weighted by Gasteiger charge is 2.35. The Morgan fingerprint density at radius 3 is 2.42 bits per heavy atom. The van der Waals surface area contributed by atoms with Crippen LogP contribution in [0.25, 0.3) is 11.1 Å². The molecule has 1 unspecified atom stereocenters. The predicted molar refractivity (Wildman–Crippen MR) is 125 cm³/mol. The number of rotatable bonds is 10. The number of anilines is 1. The van der Waals surface area contributed by atoms with Crippen molar-refractivity contribution in [1.29, 1.82) is 0 Å². The molecule has 0 aliphatic heterocycles. The number of alkyl halides is 3. The van der Waals surface area contributed by atoms with Crippen LogP contribution in [0.1, 0.15) is 59.4 Å². The number of carbonyl (C=O) groups is 1. The van der Waals surface area contributed by atoms with E-state index in [-0.39, 0.29) is 24.2 Å². The van der Waals surface area contributed by atoms with Crippen LogP contribution in [0.5, 0.6) is 5.75 Å². The van der Waals surface area contributed by atoms with Gasteiger partial charge in [0.2, 0.25) is 5.91 Å². The van der Waals surface area contributed by atoms with Crippen molar-refractivity contribution < 1.29 is 22.7 Å². The third kappa shape index (κ3) is 8.35. The molecule has 1 aromatic heterocycles. The van der Waals surface area contributed by atoms with E-state index in [0.29, 0.717) is 35.7 Å². The fourth-order valence-corrected chi connectivity index (χ4v) is 3.62. The number of halogens is 3. The molecule has 182 valence electrons. The molecule has 0 radical (unpaired) electrons. The van der Waals surface area contributed by atoms with E-state index in [4.69, 9.17) is 10.5 Å². The number of nitrogens with zero attached hydrogens (tertiary/aromatic N) is 1.